The number of benzene rings is 2. The van der Waals surface area contributed by atoms with Crippen LogP contribution in [0.3, 0.4) is 0 Å². The van der Waals surface area contributed by atoms with Crippen molar-refractivity contribution in [1.82, 2.24) is 9.80 Å². The van der Waals surface area contributed by atoms with Crippen LogP contribution >= 0.6 is 11.6 Å². The fourth-order valence-corrected chi connectivity index (χ4v) is 4.47. The highest BCUT2D eigenvalue weighted by atomic mass is 35.5. The van der Waals surface area contributed by atoms with Gasteiger partial charge in [0.2, 0.25) is 5.91 Å². The summed E-state index contributed by atoms with van der Waals surface area (Å²) in [5.41, 5.74) is 2.76. The molecule has 1 atom stereocenters. The van der Waals surface area contributed by atoms with Crippen molar-refractivity contribution in [2.45, 2.75) is 33.2 Å². The number of carbonyl (C=O) groups excluding carboxylic acids is 3. The topological polar surface area (TPSA) is 60.9 Å². The lowest BCUT2D eigenvalue weighted by Gasteiger charge is -2.40. The van der Waals surface area contributed by atoms with E-state index in [1.54, 1.807) is 21.7 Å². The number of nitrogens with zero attached hydrogens (tertiary/aromatic N) is 3. The Hall–Kier alpha value is -2.86. The summed E-state index contributed by atoms with van der Waals surface area (Å²) in [6.45, 7) is 7.05. The van der Waals surface area contributed by atoms with Crippen LogP contribution in [0.4, 0.5) is 5.69 Å². The van der Waals surface area contributed by atoms with E-state index in [0.29, 0.717) is 35.8 Å². The summed E-state index contributed by atoms with van der Waals surface area (Å²) in [4.78, 5) is 44.5. The molecule has 32 heavy (non-hydrogen) atoms. The smallest absolute Gasteiger partial charge is 0.256 e. The van der Waals surface area contributed by atoms with Crippen LogP contribution in [-0.2, 0) is 9.59 Å². The van der Waals surface area contributed by atoms with Gasteiger partial charge in [-0.2, -0.15) is 0 Å². The summed E-state index contributed by atoms with van der Waals surface area (Å²) in [6.07, 6.45) is 0.405. The Labute approximate surface area is 193 Å². The number of rotatable bonds is 2. The van der Waals surface area contributed by atoms with Crippen LogP contribution in [-0.4, -0.2) is 60.2 Å². The Morgan fingerprint density at radius 2 is 1.69 bits per heavy atom. The van der Waals surface area contributed by atoms with Crippen LogP contribution in [0.25, 0.3) is 11.1 Å². The summed E-state index contributed by atoms with van der Waals surface area (Å²) < 4.78 is 0. The first-order chi connectivity index (χ1) is 15.0. The molecule has 0 radical (unpaired) electrons. The van der Waals surface area contributed by atoms with Crippen LogP contribution in [0, 0.1) is 5.41 Å². The number of hydrogen-bond donors (Lipinski definition) is 0. The first-order valence-electron chi connectivity index (χ1n) is 10.8. The quantitative estimate of drug-likeness (QED) is 0.688. The van der Waals surface area contributed by atoms with E-state index >= 15 is 0 Å². The van der Waals surface area contributed by atoms with Gasteiger partial charge in [0.15, 0.2) is 0 Å². The van der Waals surface area contributed by atoms with E-state index < -0.39 is 6.04 Å². The lowest BCUT2D eigenvalue weighted by Crippen LogP contribution is -2.60. The molecule has 2 aromatic rings. The Balaban J connectivity index is 1.65. The van der Waals surface area contributed by atoms with Gasteiger partial charge < -0.3 is 14.7 Å². The van der Waals surface area contributed by atoms with Crippen LogP contribution in [0.1, 0.15) is 37.6 Å². The Morgan fingerprint density at radius 1 is 1.03 bits per heavy atom. The Kier molecular flexibility index (Phi) is 5.76. The normalized spacial score (nSPS) is 18.9. The summed E-state index contributed by atoms with van der Waals surface area (Å²) in [5.74, 6) is -0.335. The van der Waals surface area contributed by atoms with Crippen molar-refractivity contribution in [3.05, 3.63) is 53.1 Å². The fraction of sp³-hybridized carbons (Fsp3) is 0.400. The second kappa shape index (κ2) is 8.24. The molecule has 1 fully saturated rings. The van der Waals surface area contributed by atoms with Gasteiger partial charge in [-0.05, 0) is 40.8 Å². The molecule has 2 aliphatic heterocycles. The first-order valence-corrected chi connectivity index (χ1v) is 11.2. The van der Waals surface area contributed by atoms with E-state index in [1.165, 1.54) is 0 Å². The molecule has 0 spiro atoms. The third-order valence-electron chi connectivity index (χ3n) is 6.06. The molecule has 0 aliphatic carbocycles. The predicted octanol–water partition coefficient (Wildman–Crippen LogP) is 4.07. The number of amides is 3. The average molecular weight is 454 g/mol. The van der Waals surface area contributed by atoms with Crippen molar-refractivity contribution in [3.8, 4) is 11.1 Å². The molecule has 0 N–H and O–H groups in total. The van der Waals surface area contributed by atoms with E-state index in [-0.39, 0.29) is 29.7 Å². The first kappa shape index (κ1) is 22.3. The van der Waals surface area contributed by atoms with Crippen molar-refractivity contribution < 1.29 is 14.4 Å². The third-order valence-corrected chi connectivity index (χ3v) is 6.31. The van der Waals surface area contributed by atoms with E-state index in [4.69, 9.17) is 11.6 Å². The number of anilines is 1. The molecule has 1 saturated heterocycles. The Bertz CT molecular complexity index is 1070. The molecule has 2 aliphatic rings. The highest BCUT2D eigenvalue weighted by Gasteiger charge is 2.42. The fourth-order valence-electron chi connectivity index (χ4n) is 4.35. The van der Waals surface area contributed by atoms with E-state index in [9.17, 15) is 14.4 Å². The molecule has 7 heteroatoms. The standard InChI is InChI=1S/C25H28ClN3O3/c1-25(2,3)14-22(30)28-11-12-29-21(15-28)24(32)27(4)20-10-7-17(13-19(20)23(29)31)16-5-8-18(26)9-6-16/h5-10,13,21H,11-12,14-15H2,1-4H3. The molecule has 2 aromatic carbocycles. The van der Waals surface area contributed by atoms with Crippen molar-refractivity contribution in [2.75, 3.05) is 31.6 Å². The van der Waals surface area contributed by atoms with E-state index in [2.05, 4.69) is 0 Å². The summed E-state index contributed by atoms with van der Waals surface area (Å²) >= 11 is 6.01. The highest BCUT2D eigenvalue weighted by Crippen LogP contribution is 2.33. The maximum Gasteiger partial charge on any atom is 0.256 e. The number of likely N-dealkylation sites (N-methyl/N-ethyl adjacent to an activating group) is 1. The predicted molar refractivity (Wildman–Crippen MR) is 126 cm³/mol. The molecule has 6 nitrogen and oxygen atoms in total. The van der Waals surface area contributed by atoms with Crippen molar-refractivity contribution in [1.29, 1.82) is 0 Å². The molecule has 1 unspecified atom stereocenters. The van der Waals surface area contributed by atoms with Crippen molar-refractivity contribution >= 4 is 35.0 Å². The molecule has 168 valence electrons. The molecule has 4 rings (SSSR count). The van der Waals surface area contributed by atoms with Gasteiger partial charge in [0, 0.05) is 31.6 Å². The van der Waals surface area contributed by atoms with Crippen LogP contribution in [0.15, 0.2) is 42.5 Å². The maximum absolute atomic E-state index is 13.5. The summed E-state index contributed by atoms with van der Waals surface area (Å²) in [5, 5.41) is 0.645. The summed E-state index contributed by atoms with van der Waals surface area (Å²) in [6, 6.07) is 12.3. The minimum absolute atomic E-state index is 0.0202. The largest absolute Gasteiger partial charge is 0.338 e. The zero-order valence-electron chi connectivity index (χ0n) is 18.9. The van der Waals surface area contributed by atoms with E-state index in [1.807, 2.05) is 63.2 Å². The molecule has 2 heterocycles. The van der Waals surface area contributed by atoms with Gasteiger partial charge in [-0.3, -0.25) is 14.4 Å². The van der Waals surface area contributed by atoms with Crippen LogP contribution in [0.5, 0.6) is 0 Å². The Morgan fingerprint density at radius 3 is 2.34 bits per heavy atom. The van der Waals surface area contributed by atoms with Gasteiger partial charge in [0.05, 0.1) is 17.8 Å². The third kappa shape index (κ3) is 4.24. The lowest BCUT2D eigenvalue weighted by atomic mass is 9.91. The van der Waals surface area contributed by atoms with Crippen LogP contribution in [0.2, 0.25) is 5.02 Å². The van der Waals surface area contributed by atoms with Crippen molar-refractivity contribution in [3.63, 3.8) is 0 Å². The van der Waals surface area contributed by atoms with Gasteiger partial charge in [0.1, 0.15) is 6.04 Å². The van der Waals surface area contributed by atoms with Gasteiger partial charge in [-0.25, -0.2) is 0 Å². The van der Waals surface area contributed by atoms with E-state index in [0.717, 1.165) is 11.1 Å². The zero-order valence-corrected chi connectivity index (χ0v) is 19.6. The zero-order chi connectivity index (χ0) is 23.2. The summed E-state index contributed by atoms with van der Waals surface area (Å²) in [7, 11) is 1.69. The molecular formula is C25H28ClN3O3. The lowest BCUT2D eigenvalue weighted by molar-refractivity contribution is -0.137. The monoisotopic (exact) mass is 453 g/mol. The van der Waals surface area contributed by atoms with Crippen LogP contribution < -0.4 is 4.90 Å². The SMILES string of the molecule is CN1C(=O)C2CN(C(=O)CC(C)(C)C)CCN2C(=O)c2cc(-c3ccc(Cl)cc3)ccc21. The molecule has 0 aromatic heterocycles. The average Bonchev–Trinajstić information content (AvgIpc) is 2.82. The molecule has 0 saturated carbocycles. The minimum atomic E-state index is -0.684. The van der Waals surface area contributed by atoms with Crippen molar-refractivity contribution in [2.24, 2.45) is 5.41 Å². The number of halogens is 1. The number of carbonyl (C=O) groups is 3. The molecule has 0 bridgehead atoms. The van der Waals surface area contributed by atoms with Gasteiger partial charge in [0.25, 0.3) is 11.8 Å². The van der Waals surface area contributed by atoms with Gasteiger partial charge >= 0.3 is 0 Å². The maximum atomic E-state index is 13.5. The van der Waals surface area contributed by atoms with Gasteiger partial charge in [-0.15, -0.1) is 0 Å². The number of hydrogen-bond acceptors (Lipinski definition) is 3. The minimum Gasteiger partial charge on any atom is -0.338 e. The number of fused-ring (bicyclic) bond motifs is 2. The molecule has 3 amide bonds. The number of piperazine rings is 1. The highest BCUT2D eigenvalue weighted by molar-refractivity contribution is 6.30. The molecular weight excluding hydrogens is 426 g/mol. The van der Waals surface area contributed by atoms with Gasteiger partial charge in [-0.1, -0.05) is 50.6 Å². The second-order valence-corrected chi connectivity index (χ2v) is 10.2. The second-order valence-electron chi connectivity index (χ2n) is 9.73.